The van der Waals surface area contributed by atoms with E-state index in [0.717, 1.165) is 99.1 Å². The van der Waals surface area contributed by atoms with Gasteiger partial charge in [-0.3, -0.25) is 0 Å². The summed E-state index contributed by atoms with van der Waals surface area (Å²) in [6.07, 6.45) is 8.54. The van der Waals surface area contributed by atoms with E-state index in [2.05, 4.69) is 63.7 Å². The molecule has 0 spiro atoms. The first kappa shape index (κ1) is 32.7. The quantitative estimate of drug-likeness (QED) is 0.0760. The van der Waals surface area contributed by atoms with Crippen LogP contribution in [0.5, 0.6) is 0 Å². The van der Waals surface area contributed by atoms with Crippen LogP contribution in [0.3, 0.4) is 0 Å². The predicted octanol–water partition coefficient (Wildman–Crippen LogP) is 6.51. The molecule has 0 N–H and O–H groups in total. The van der Waals surface area contributed by atoms with E-state index in [1.165, 1.54) is 0 Å². The molecule has 0 aromatic heterocycles. The van der Waals surface area contributed by atoms with Crippen molar-refractivity contribution in [2.45, 2.75) is 63.6 Å². The summed E-state index contributed by atoms with van der Waals surface area (Å²) in [5, 5.41) is 4.04. The summed E-state index contributed by atoms with van der Waals surface area (Å²) in [5.74, 6) is 0. The molecule has 0 aliphatic rings. The van der Waals surface area contributed by atoms with Gasteiger partial charge in [-0.2, -0.15) is 0 Å². The zero-order valence-corrected chi connectivity index (χ0v) is 25.2. The highest BCUT2D eigenvalue weighted by atomic mass is 79.9. The second-order valence-corrected chi connectivity index (χ2v) is 10.4. The van der Waals surface area contributed by atoms with Gasteiger partial charge in [-0.05, 0) is 51.4 Å². The number of alkyl halides is 4. The number of rotatable bonds is 26. The number of unbranched alkanes of at least 4 members (excludes halogenated alkanes) is 4. The van der Waals surface area contributed by atoms with Crippen molar-refractivity contribution < 1.29 is 23.7 Å². The Bertz CT molecular complexity index is 313. The molecule has 0 aliphatic heterocycles. The number of halogens is 4. The van der Waals surface area contributed by atoms with Crippen LogP contribution in [0.15, 0.2) is 0 Å². The van der Waals surface area contributed by atoms with E-state index in [4.69, 9.17) is 23.7 Å². The lowest BCUT2D eigenvalue weighted by Crippen LogP contribution is -2.31. The van der Waals surface area contributed by atoms with Crippen molar-refractivity contribution in [3.63, 3.8) is 0 Å². The zero-order chi connectivity index (χ0) is 22.8. The Morgan fingerprint density at radius 3 is 1.06 bits per heavy atom. The highest BCUT2D eigenvalue weighted by molar-refractivity contribution is 9.09. The Morgan fingerprint density at radius 1 is 0.387 bits per heavy atom. The van der Waals surface area contributed by atoms with Crippen molar-refractivity contribution in [1.29, 1.82) is 0 Å². The van der Waals surface area contributed by atoms with Crippen LogP contribution < -0.4 is 0 Å². The van der Waals surface area contributed by atoms with Crippen LogP contribution in [-0.4, -0.2) is 86.4 Å². The van der Waals surface area contributed by atoms with Crippen molar-refractivity contribution in [3.05, 3.63) is 0 Å². The molecule has 0 rings (SSSR count). The molecular formula is C22H42Br4O5. The molecule has 0 aromatic carbocycles. The van der Waals surface area contributed by atoms with E-state index in [0.29, 0.717) is 26.4 Å². The summed E-state index contributed by atoms with van der Waals surface area (Å²) in [6, 6.07) is 0. The minimum atomic E-state index is -0.0480. The largest absolute Gasteiger partial charge is 0.379 e. The van der Waals surface area contributed by atoms with E-state index >= 15 is 0 Å². The third-order valence-corrected chi connectivity index (χ3v) is 6.57. The Balaban J connectivity index is 4.29. The van der Waals surface area contributed by atoms with Gasteiger partial charge >= 0.3 is 0 Å². The van der Waals surface area contributed by atoms with Crippen LogP contribution in [0, 0.1) is 0 Å². The first-order chi connectivity index (χ1) is 15.3. The third-order valence-electron chi connectivity index (χ3n) is 4.32. The highest BCUT2D eigenvalue weighted by Crippen LogP contribution is 2.05. The standard InChI is InChI=1S/C22H42Br4O5/c23-9-1-5-13-27-17-21(30-15-7-3-11-25)19-29-20-22(31-16-8-4-12-26)18-28-14-6-2-10-24/h21-22H,1-20H2. The summed E-state index contributed by atoms with van der Waals surface area (Å²) in [5.41, 5.74) is 0. The van der Waals surface area contributed by atoms with Crippen LogP contribution >= 0.6 is 63.7 Å². The molecule has 2 atom stereocenters. The normalized spacial score (nSPS) is 13.5. The highest BCUT2D eigenvalue weighted by Gasteiger charge is 2.14. The molecule has 2 unspecified atom stereocenters. The molecule has 0 aliphatic carbocycles. The van der Waals surface area contributed by atoms with E-state index in [1.807, 2.05) is 0 Å². The molecule has 0 bridgehead atoms. The Labute approximate surface area is 223 Å². The topological polar surface area (TPSA) is 46.2 Å². The van der Waals surface area contributed by atoms with Gasteiger partial charge in [0.15, 0.2) is 0 Å². The average molecular weight is 706 g/mol. The molecule has 0 heterocycles. The second-order valence-electron chi connectivity index (χ2n) is 7.26. The minimum absolute atomic E-state index is 0.0480. The third kappa shape index (κ3) is 24.6. The molecular weight excluding hydrogens is 664 g/mol. The second kappa shape index (κ2) is 28.0. The summed E-state index contributed by atoms with van der Waals surface area (Å²) < 4.78 is 29.6. The Hall–Kier alpha value is 1.72. The van der Waals surface area contributed by atoms with Gasteiger partial charge in [-0.15, -0.1) is 0 Å². The van der Waals surface area contributed by atoms with E-state index in [9.17, 15) is 0 Å². The maximum Gasteiger partial charge on any atom is 0.104 e. The Morgan fingerprint density at radius 2 is 0.710 bits per heavy atom. The van der Waals surface area contributed by atoms with Crippen molar-refractivity contribution >= 4 is 63.7 Å². The molecule has 0 aromatic rings. The number of ether oxygens (including phenoxy) is 5. The van der Waals surface area contributed by atoms with Crippen molar-refractivity contribution in [2.75, 3.05) is 74.2 Å². The fourth-order valence-electron chi connectivity index (χ4n) is 2.54. The van der Waals surface area contributed by atoms with Crippen LogP contribution in [-0.2, 0) is 23.7 Å². The van der Waals surface area contributed by atoms with Crippen LogP contribution in [0.1, 0.15) is 51.4 Å². The fraction of sp³-hybridized carbons (Fsp3) is 1.00. The minimum Gasteiger partial charge on any atom is -0.379 e. The summed E-state index contributed by atoms with van der Waals surface area (Å²) in [4.78, 5) is 0. The molecule has 188 valence electrons. The molecule has 0 saturated heterocycles. The SMILES string of the molecule is BrCCCCOCC(COCC(COCCCCBr)OCCCCBr)OCCCCBr. The molecule has 9 heteroatoms. The lowest BCUT2D eigenvalue weighted by atomic mass is 10.3. The van der Waals surface area contributed by atoms with Gasteiger partial charge in [-0.1, -0.05) is 63.7 Å². The lowest BCUT2D eigenvalue weighted by Gasteiger charge is -2.22. The average Bonchev–Trinajstić information content (AvgIpc) is 2.78. The van der Waals surface area contributed by atoms with Gasteiger partial charge in [0.25, 0.3) is 0 Å². The van der Waals surface area contributed by atoms with Gasteiger partial charge in [0.1, 0.15) is 12.2 Å². The summed E-state index contributed by atoms with van der Waals surface area (Å²) in [7, 11) is 0. The molecule has 0 radical (unpaired) electrons. The predicted molar refractivity (Wildman–Crippen MR) is 144 cm³/mol. The van der Waals surface area contributed by atoms with E-state index < -0.39 is 0 Å². The first-order valence-electron chi connectivity index (χ1n) is 11.5. The van der Waals surface area contributed by atoms with Crippen LogP contribution in [0.25, 0.3) is 0 Å². The van der Waals surface area contributed by atoms with E-state index in [1.54, 1.807) is 0 Å². The molecule has 31 heavy (non-hydrogen) atoms. The van der Waals surface area contributed by atoms with E-state index in [-0.39, 0.29) is 12.2 Å². The number of hydrogen-bond acceptors (Lipinski definition) is 5. The number of hydrogen-bond donors (Lipinski definition) is 0. The molecule has 0 fully saturated rings. The maximum absolute atomic E-state index is 6.01. The van der Waals surface area contributed by atoms with Gasteiger partial charge in [0, 0.05) is 47.7 Å². The fourth-order valence-corrected chi connectivity index (χ4v) is 4.13. The monoisotopic (exact) mass is 702 g/mol. The van der Waals surface area contributed by atoms with Gasteiger partial charge in [0.05, 0.1) is 26.4 Å². The van der Waals surface area contributed by atoms with Crippen molar-refractivity contribution in [2.24, 2.45) is 0 Å². The molecule has 0 amide bonds. The van der Waals surface area contributed by atoms with Crippen molar-refractivity contribution in [3.8, 4) is 0 Å². The summed E-state index contributed by atoms with van der Waals surface area (Å²) >= 11 is 13.8. The maximum atomic E-state index is 6.01. The smallest absolute Gasteiger partial charge is 0.104 e. The van der Waals surface area contributed by atoms with Gasteiger partial charge < -0.3 is 23.7 Å². The van der Waals surface area contributed by atoms with Crippen LogP contribution in [0.4, 0.5) is 0 Å². The lowest BCUT2D eigenvalue weighted by molar-refractivity contribution is -0.0955. The molecule has 0 saturated carbocycles. The zero-order valence-electron chi connectivity index (χ0n) is 18.8. The van der Waals surface area contributed by atoms with Gasteiger partial charge in [0.2, 0.25) is 0 Å². The van der Waals surface area contributed by atoms with Gasteiger partial charge in [-0.25, -0.2) is 0 Å². The van der Waals surface area contributed by atoms with Crippen LogP contribution in [0.2, 0.25) is 0 Å². The first-order valence-corrected chi connectivity index (χ1v) is 16.0. The summed E-state index contributed by atoms with van der Waals surface area (Å²) in [6.45, 7) is 5.13. The van der Waals surface area contributed by atoms with Crippen molar-refractivity contribution in [1.82, 2.24) is 0 Å². The Kier molecular flexibility index (Phi) is 29.5. The molecule has 5 nitrogen and oxygen atoms in total.